The number of ether oxygens (including phenoxy) is 1. The molecule has 4 N–H and O–H groups in total. The van der Waals surface area contributed by atoms with Gasteiger partial charge >= 0.3 is 12.2 Å². The number of anilines is 2. The van der Waals surface area contributed by atoms with Crippen molar-refractivity contribution in [3.05, 3.63) is 52.8 Å². The number of carbonyl (C=O) groups is 1. The Morgan fingerprint density at radius 2 is 1.89 bits per heavy atom. The zero-order valence-electron chi connectivity index (χ0n) is 19.0. The van der Waals surface area contributed by atoms with Crippen molar-refractivity contribution in [2.45, 2.75) is 50.1 Å². The number of carbonyl (C=O) groups excluding carboxylic acids is 1. The number of methoxy groups -OCH3 is 1. The van der Waals surface area contributed by atoms with E-state index in [9.17, 15) is 32.6 Å². The molecule has 1 aliphatic carbocycles. The molecule has 0 aromatic heterocycles. The molecule has 0 bridgehead atoms. The zero-order chi connectivity index (χ0) is 25.3. The standard InChI is InChI=1S/C24H27F4N3O4/c1-35-21-17(22(33)24(26,27)28)11-15(31-7-3-2-4-8-31)12-19(21)30-23(34)29-18-10-13-9-14(25)5-6-16(13)20(18)32/h5-6,9,11-12,18,20,22,32-33H,2-4,7-8,10H2,1H3,(H2,29,30,34). The molecule has 4 rings (SSSR count). The van der Waals surface area contributed by atoms with E-state index in [2.05, 4.69) is 10.6 Å². The van der Waals surface area contributed by atoms with Crippen LogP contribution in [-0.4, -0.2) is 48.7 Å². The van der Waals surface area contributed by atoms with E-state index in [0.717, 1.165) is 26.4 Å². The lowest BCUT2D eigenvalue weighted by atomic mass is 10.0. The number of piperidine rings is 1. The summed E-state index contributed by atoms with van der Waals surface area (Å²) in [5, 5.41) is 25.6. The molecule has 2 amide bonds. The van der Waals surface area contributed by atoms with Gasteiger partial charge < -0.3 is 30.5 Å². The first-order valence-electron chi connectivity index (χ1n) is 11.3. The summed E-state index contributed by atoms with van der Waals surface area (Å²) in [4.78, 5) is 14.7. The Balaban J connectivity index is 1.60. The first kappa shape index (κ1) is 25.1. The van der Waals surface area contributed by atoms with Crippen molar-refractivity contribution in [2.75, 3.05) is 30.4 Å². The maximum absolute atomic E-state index is 13.5. The number of halogens is 4. The van der Waals surface area contributed by atoms with Gasteiger partial charge in [0.25, 0.3) is 0 Å². The number of alkyl halides is 3. The summed E-state index contributed by atoms with van der Waals surface area (Å²) in [6, 6.07) is 5.14. The number of nitrogens with one attached hydrogen (secondary N) is 2. The van der Waals surface area contributed by atoms with Crippen molar-refractivity contribution in [1.82, 2.24) is 5.32 Å². The summed E-state index contributed by atoms with van der Waals surface area (Å²) in [5.41, 5.74) is 0.910. The van der Waals surface area contributed by atoms with Crippen molar-refractivity contribution in [2.24, 2.45) is 0 Å². The third kappa shape index (κ3) is 5.30. The highest BCUT2D eigenvalue weighted by molar-refractivity contribution is 5.92. The normalized spacial score (nSPS) is 20.8. The van der Waals surface area contributed by atoms with Gasteiger partial charge in [-0.25, -0.2) is 9.18 Å². The monoisotopic (exact) mass is 497 g/mol. The molecule has 190 valence electrons. The van der Waals surface area contributed by atoms with Crippen LogP contribution in [0.3, 0.4) is 0 Å². The number of aliphatic hydroxyl groups is 2. The summed E-state index contributed by atoms with van der Waals surface area (Å²) >= 11 is 0. The van der Waals surface area contributed by atoms with E-state index in [-0.39, 0.29) is 17.9 Å². The largest absolute Gasteiger partial charge is 0.494 e. The van der Waals surface area contributed by atoms with E-state index in [1.807, 2.05) is 4.90 Å². The molecule has 11 heteroatoms. The third-order valence-corrected chi connectivity index (χ3v) is 6.44. The lowest BCUT2D eigenvalue weighted by molar-refractivity contribution is -0.207. The summed E-state index contributed by atoms with van der Waals surface area (Å²) in [5.74, 6) is -0.779. The number of fused-ring (bicyclic) bond motifs is 1. The van der Waals surface area contributed by atoms with Crippen LogP contribution in [-0.2, 0) is 6.42 Å². The molecule has 2 aliphatic rings. The number of urea groups is 1. The van der Waals surface area contributed by atoms with E-state index in [4.69, 9.17) is 4.74 Å². The van der Waals surface area contributed by atoms with Gasteiger partial charge in [-0.05, 0) is 61.1 Å². The lowest BCUT2D eigenvalue weighted by Gasteiger charge is -2.31. The Hall–Kier alpha value is -3.05. The van der Waals surface area contributed by atoms with Crippen molar-refractivity contribution >= 4 is 17.4 Å². The zero-order valence-corrected chi connectivity index (χ0v) is 19.0. The number of hydrogen-bond acceptors (Lipinski definition) is 5. The molecule has 3 unspecified atom stereocenters. The van der Waals surface area contributed by atoms with Gasteiger partial charge in [0.1, 0.15) is 11.6 Å². The molecule has 2 aromatic rings. The van der Waals surface area contributed by atoms with Crippen LogP contribution in [0.25, 0.3) is 0 Å². The molecule has 0 spiro atoms. The van der Waals surface area contributed by atoms with E-state index in [1.54, 1.807) is 0 Å². The maximum Gasteiger partial charge on any atom is 0.418 e. The van der Waals surface area contributed by atoms with Crippen molar-refractivity contribution in [1.29, 1.82) is 0 Å². The van der Waals surface area contributed by atoms with Gasteiger partial charge in [0.05, 0.1) is 24.9 Å². The van der Waals surface area contributed by atoms with Crippen LogP contribution in [0.15, 0.2) is 30.3 Å². The van der Waals surface area contributed by atoms with Crippen LogP contribution >= 0.6 is 0 Å². The minimum absolute atomic E-state index is 0.0533. The minimum Gasteiger partial charge on any atom is -0.494 e. The molecule has 2 aromatic carbocycles. The Morgan fingerprint density at radius 1 is 1.17 bits per heavy atom. The lowest BCUT2D eigenvalue weighted by Crippen LogP contribution is -2.40. The fourth-order valence-corrected chi connectivity index (χ4v) is 4.73. The Kier molecular flexibility index (Phi) is 7.09. The van der Waals surface area contributed by atoms with Crippen LogP contribution in [0, 0.1) is 5.82 Å². The second kappa shape index (κ2) is 9.90. The highest BCUT2D eigenvalue weighted by atomic mass is 19.4. The van der Waals surface area contributed by atoms with Crippen molar-refractivity contribution in [3.63, 3.8) is 0 Å². The van der Waals surface area contributed by atoms with Gasteiger partial charge in [-0.3, -0.25) is 0 Å². The molecule has 0 radical (unpaired) electrons. The first-order chi connectivity index (χ1) is 16.6. The molecule has 35 heavy (non-hydrogen) atoms. The summed E-state index contributed by atoms with van der Waals surface area (Å²) in [6.07, 6.45) is -5.89. The van der Waals surface area contributed by atoms with E-state index < -0.39 is 41.8 Å². The van der Waals surface area contributed by atoms with Gasteiger partial charge in [0.2, 0.25) is 0 Å². The number of nitrogens with zero attached hydrogens (tertiary/aromatic N) is 1. The smallest absolute Gasteiger partial charge is 0.418 e. The topological polar surface area (TPSA) is 94.1 Å². The van der Waals surface area contributed by atoms with E-state index in [1.165, 1.54) is 30.3 Å². The summed E-state index contributed by atoms with van der Waals surface area (Å²) in [7, 11) is 1.15. The molecular formula is C24H27F4N3O4. The second-order valence-electron chi connectivity index (χ2n) is 8.80. The SMILES string of the molecule is COc1c(NC(=O)NC2Cc3cc(F)ccc3C2O)cc(N2CCCCC2)cc1C(O)C(F)(F)F. The Morgan fingerprint density at radius 3 is 2.54 bits per heavy atom. The van der Waals surface area contributed by atoms with Gasteiger partial charge in [-0.2, -0.15) is 13.2 Å². The number of amides is 2. The van der Waals surface area contributed by atoms with Crippen LogP contribution in [0.1, 0.15) is 48.2 Å². The maximum atomic E-state index is 13.5. The minimum atomic E-state index is -4.94. The average molecular weight is 497 g/mol. The fourth-order valence-electron chi connectivity index (χ4n) is 4.73. The average Bonchev–Trinajstić information content (AvgIpc) is 3.11. The highest BCUT2D eigenvalue weighted by Crippen LogP contribution is 2.43. The summed E-state index contributed by atoms with van der Waals surface area (Å²) < 4.78 is 59.0. The molecule has 1 fully saturated rings. The van der Waals surface area contributed by atoms with Gasteiger partial charge in [-0.15, -0.1) is 0 Å². The fraction of sp³-hybridized carbons (Fsp3) is 0.458. The van der Waals surface area contributed by atoms with Gasteiger partial charge in [0.15, 0.2) is 6.10 Å². The van der Waals surface area contributed by atoms with Crippen LogP contribution in [0.5, 0.6) is 5.75 Å². The molecular weight excluding hydrogens is 470 g/mol. The molecule has 7 nitrogen and oxygen atoms in total. The van der Waals surface area contributed by atoms with E-state index >= 15 is 0 Å². The molecule has 3 atom stereocenters. The second-order valence-corrected chi connectivity index (χ2v) is 8.80. The van der Waals surface area contributed by atoms with Crippen LogP contribution in [0.2, 0.25) is 0 Å². The Labute approximate surface area is 199 Å². The number of rotatable bonds is 5. The van der Waals surface area contributed by atoms with Gasteiger partial charge in [-0.1, -0.05) is 6.07 Å². The summed E-state index contributed by atoms with van der Waals surface area (Å²) in [6.45, 7) is 1.26. The predicted octanol–water partition coefficient (Wildman–Crippen LogP) is 4.20. The molecule has 1 aliphatic heterocycles. The number of aliphatic hydroxyl groups excluding tert-OH is 2. The van der Waals surface area contributed by atoms with Crippen molar-refractivity contribution in [3.8, 4) is 5.75 Å². The van der Waals surface area contributed by atoms with Crippen LogP contribution in [0.4, 0.5) is 33.7 Å². The first-order valence-corrected chi connectivity index (χ1v) is 11.3. The Bertz CT molecular complexity index is 1090. The predicted molar refractivity (Wildman–Crippen MR) is 121 cm³/mol. The van der Waals surface area contributed by atoms with E-state index in [0.29, 0.717) is 29.9 Å². The van der Waals surface area contributed by atoms with Gasteiger partial charge in [0, 0.05) is 24.3 Å². The third-order valence-electron chi connectivity index (χ3n) is 6.44. The molecule has 1 saturated heterocycles. The molecule has 0 saturated carbocycles. The molecule has 1 heterocycles. The number of hydrogen-bond donors (Lipinski definition) is 4. The van der Waals surface area contributed by atoms with Crippen LogP contribution < -0.4 is 20.3 Å². The number of benzene rings is 2. The highest BCUT2D eigenvalue weighted by Gasteiger charge is 2.42. The quantitative estimate of drug-likeness (QED) is 0.465. The van der Waals surface area contributed by atoms with Crippen molar-refractivity contribution < 1.29 is 37.3 Å².